The molecule has 1 unspecified atom stereocenters. The summed E-state index contributed by atoms with van der Waals surface area (Å²) < 4.78 is 10.5. The number of hydrogen-bond acceptors (Lipinski definition) is 6. The maximum Gasteiger partial charge on any atom is 0.325 e. The fraction of sp³-hybridized carbons (Fsp3) is 0.211. The molecular weight excluding hydrogens is 366 g/mol. The Kier molecular flexibility index (Phi) is 4.48. The maximum atomic E-state index is 12.6. The Bertz CT molecular complexity index is 960. The molecule has 1 saturated heterocycles. The predicted molar refractivity (Wildman–Crippen MR) is 96.8 cm³/mol. The van der Waals surface area contributed by atoms with Crippen LogP contribution in [-0.4, -0.2) is 40.7 Å². The van der Waals surface area contributed by atoms with Gasteiger partial charge in [0.2, 0.25) is 12.7 Å². The fourth-order valence-electron chi connectivity index (χ4n) is 3.05. The molecule has 3 N–H and O–H groups in total. The molecule has 1 atom stereocenters. The molecule has 0 radical (unpaired) electrons. The minimum atomic E-state index is -0.965. The summed E-state index contributed by atoms with van der Waals surface area (Å²) in [6.45, 7) is 0.189. The summed E-state index contributed by atoms with van der Waals surface area (Å²) in [4.78, 5) is 38.0. The maximum absolute atomic E-state index is 12.6. The number of amides is 4. The van der Waals surface area contributed by atoms with Gasteiger partial charge in [0, 0.05) is 0 Å². The number of fused-ring (bicyclic) bond motifs is 1. The molecule has 0 aliphatic carbocycles. The average molecular weight is 383 g/mol. The van der Waals surface area contributed by atoms with Crippen LogP contribution in [0.2, 0.25) is 0 Å². The molecule has 0 bridgehead atoms. The van der Waals surface area contributed by atoms with Crippen molar-refractivity contribution in [2.75, 3.05) is 12.1 Å². The first-order valence-corrected chi connectivity index (χ1v) is 8.59. The Labute approximate surface area is 159 Å². The van der Waals surface area contributed by atoms with Gasteiger partial charge in [0.15, 0.2) is 11.5 Å². The highest BCUT2D eigenvalue weighted by Crippen LogP contribution is 2.33. The van der Waals surface area contributed by atoms with Crippen LogP contribution >= 0.6 is 0 Å². The lowest BCUT2D eigenvalue weighted by Gasteiger charge is -2.13. The summed E-state index contributed by atoms with van der Waals surface area (Å²) in [7, 11) is 0. The summed E-state index contributed by atoms with van der Waals surface area (Å²) in [5.41, 5.74) is 0.938. The van der Waals surface area contributed by atoms with Gasteiger partial charge in [0.05, 0.1) is 18.7 Å². The van der Waals surface area contributed by atoms with E-state index < -0.39 is 23.9 Å². The summed E-state index contributed by atoms with van der Waals surface area (Å²) in [5.74, 6) is 0.102. The quantitative estimate of drug-likeness (QED) is 0.533. The third-order valence-electron chi connectivity index (χ3n) is 4.45. The lowest BCUT2D eigenvalue weighted by atomic mass is 10.1. The first-order chi connectivity index (χ1) is 13.5. The van der Waals surface area contributed by atoms with Crippen molar-refractivity contribution in [2.45, 2.75) is 19.0 Å². The monoisotopic (exact) mass is 383 g/mol. The third-order valence-corrected chi connectivity index (χ3v) is 4.45. The summed E-state index contributed by atoms with van der Waals surface area (Å²) in [6.07, 6.45) is -0.240. The van der Waals surface area contributed by atoms with Crippen LogP contribution in [0.5, 0.6) is 17.2 Å². The molecule has 1 fully saturated rings. The van der Waals surface area contributed by atoms with Crippen LogP contribution in [0.3, 0.4) is 0 Å². The normalized spacial score (nSPS) is 17.6. The minimum Gasteiger partial charge on any atom is -0.506 e. The van der Waals surface area contributed by atoms with Crippen LogP contribution in [0.1, 0.15) is 12.0 Å². The number of imide groups is 1. The number of aromatic hydroxyl groups is 1. The number of phenolic OH excluding ortho intramolecular Hbond substituents is 1. The fourth-order valence-corrected chi connectivity index (χ4v) is 3.05. The van der Waals surface area contributed by atoms with E-state index in [2.05, 4.69) is 10.6 Å². The number of phenols is 1. The number of urea groups is 1. The highest BCUT2D eigenvalue weighted by Gasteiger charge is 2.39. The summed E-state index contributed by atoms with van der Waals surface area (Å²) >= 11 is 0. The molecule has 0 spiro atoms. The topological polar surface area (TPSA) is 117 Å². The van der Waals surface area contributed by atoms with Gasteiger partial charge in [-0.1, -0.05) is 18.2 Å². The minimum absolute atomic E-state index is 0.0545. The number of nitrogens with one attached hydrogen (secondary N) is 2. The number of hydrogen-bond donors (Lipinski definition) is 3. The van der Waals surface area contributed by atoms with E-state index in [0.717, 1.165) is 4.90 Å². The van der Waals surface area contributed by atoms with Crippen molar-refractivity contribution in [3.63, 3.8) is 0 Å². The van der Waals surface area contributed by atoms with Crippen LogP contribution < -0.4 is 20.1 Å². The lowest BCUT2D eigenvalue weighted by molar-refractivity contribution is -0.130. The van der Waals surface area contributed by atoms with Crippen LogP contribution in [-0.2, 0) is 16.1 Å². The smallest absolute Gasteiger partial charge is 0.325 e. The third kappa shape index (κ3) is 3.41. The Morgan fingerprint density at radius 3 is 2.79 bits per heavy atom. The first kappa shape index (κ1) is 17.7. The second-order valence-corrected chi connectivity index (χ2v) is 6.38. The zero-order valence-electron chi connectivity index (χ0n) is 14.7. The number of carbonyl (C=O) groups excluding carboxylic acids is 3. The van der Waals surface area contributed by atoms with Crippen LogP contribution in [0.4, 0.5) is 10.5 Å². The van der Waals surface area contributed by atoms with E-state index in [9.17, 15) is 19.5 Å². The van der Waals surface area contributed by atoms with Gasteiger partial charge in [-0.05, 0) is 29.8 Å². The Morgan fingerprint density at radius 1 is 1.18 bits per heavy atom. The molecule has 2 aliphatic heterocycles. The Balaban J connectivity index is 1.39. The standard InChI is InChI=1S/C19H17N3O6/c23-14-4-2-1-3-12(14)20-17(24)8-13-18(25)22(19(26)21-13)9-11-5-6-15-16(7-11)28-10-27-15/h1-7,13,23H,8-10H2,(H,20,24)(H,21,26). The van der Waals surface area contributed by atoms with Crippen LogP contribution in [0.15, 0.2) is 42.5 Å². The molecule has 4 rings (SSSR count). The van der Waals surface area contributed by atoms with Gasteiger partial charge >= 0.3 is 6.03 Å². The number of rotatable bonds is 5. The largest absolute Gasteiger partial charge is 0.506 e. The highest BCUT2D eigenvalue weighted by atomic mass is 16.7. The number of nitrogens with zero attached hydrogens (tertiary/aromatic N) is 1. The molecule has 9 nitrogen and oxygen atoms in total. The van der Waals surface area contributed by atoms with Crippen LogP contribution in [0, 0.1) is 0 Å². The van der Waals surface area contributed by atoms with Gasteiger partial charge in [-0.25, -0.2) is 4.79 Å². The number of para-hydroxylation sites is 2. The van der Waals surface area contributed by atoms with Gasteiger partial charge in [0.25, 0.3) is 5.91 Å². The van der Waals surface area contributed by atoms with Crippen molar-refractivity contribution < 1.29 is 29.0 Å². The highest BCUT2D eigenvalue weighted by molar-refractivity contribution is 6.07. The molecule has 4 amide bonds. The summed E-state index contributed by atoms with van der Waals surface area (Å²) in [5, 5.41) is 14.7. The van der Waals surface area contributed by atoms with Crippen molar-refractivity contribution in [1.82, 2.24) is 10.2 Å². The first-order valence-electron chi connectivity index (χ1n) is 8.59. The zero-order chi connectivity index (χ0) is 19.7. The van der Waals surface area contributed by atoms with Gasteiger partial charge in [-0.3, -0.25) is 14.5 Å². The number of ether oxygens (including phenoxy) is 2. The summed E-state index contributed by atoms with van der Waals surface area (Å²) in [6, 6.07) is 9.89. The van der Waals surface area contributed by atoms with E-state index in [1.165, 1.54) is 12.1 Å². The molecule has 2 aliphatic rings. The van der Waals surface area contributed by atoms with Crippen molar-refractivity contribution in [1.29, 1.82) is 0 Å². The van der Waals surface area contributed by atoms with Crippen LogP contribution in [0.25, 0.3) is 0 Å². The van der Waals surface area contributed by atoms with Crippen molar-refractivity contribution in [2.24, 2.45) is 0 Å². The molecule has 28 heavy (non-hydrogen) atoms. The molecule has 2 aromatic rings. The van der Waals surface area contributed by atoms with Gasteiger partial charge in [-0.15, -0.1) is 0 Å². The molecule has 2 heterocycles. The van der Waals surface area contributed by atoms with E-state index in [-0.39, 0.29) is 31.2 Å². The molecule has 2 aromatic carbocycles. The second-order valence-electron chi connectivity index (χ2n) is 6.38. The molecule has 0 saturated carbocycles. The van der Waals surface area contributed by atoms with E-state index in [0.29, 0.717) is 17.1 Å². The van der Waals surface area contributed by atoms with E-state index in [4.69, 9.17) is 9.47 Å². The molecule has 9 heteroatoms. The van der Waals surface area contributed by atoms with E-state index >= 15 is 0 Å². The number of anilines is 1. The van der Waals surface area contributed by atoms with E-state index in [1.54, 1.807) is 30.3 Å². The second kappa shape index (κ2) is 7.10. The zero-order valence-corrected chi connectivity index (χ0v) is 14.7. The Morgan fingerprint density at radius 2 is 1.96 bits per heavy atom. The molecular formula is C19H17N3O6. The van der Waals surface area contributed by atoms with Crippen molar-refractivity contribution >= 4 is 23.5 Å². The Hall–Kier alpha value is -3.75. The predicted octanol–water partition coefficient (Wildman–Crippen LogP) is 1.57. The number of carbonyl (C=O) groups is 3. The number of benzene rings is 2. The van der Waals surface area contributed by atoms with E-state index in [1.807, 2.05) is 0 Å². The van der Waals surface area contributed by atoms with Crippen molar-refractivity contribution in [3.8, 4) is 17.2 Å². The molecule has 144 valence electrons. The average Bonchev–Trinajstić information content (AvgIpc) is 3.23. The van der Waals surface area contributed by atoms with Gasteiger partial charge < -0.3 is 25.2 Å². The lowest BCUT2D eigenvalue weighted by Crippen LogP contribution is -2.34. The van der Waals surface area contributed by atoms with Crippen molar-refractivity contribution in [3.05, 3.63) is 48.0 Å². The SMILES string of the molecule is O=C(CC1NC(=O)N(Cc2ccc3c(c2)OCO3)C1=O)Nc1ccccc1O. The van der Waals surface area contributed by atoms with Gasteiger partial charge in [0.1, 0.15) is 11.8 Å². The molecule has 0 aromatic heterocycles. The van der Waals surface area contributed by atoms with Gasteiger partial charge in [-0.2, -0.15) is 0 Å².